The van der Waals surface area contributed by atoms with Gasteiger partial charge in [0.15, 0.2) is 0 Å². The van der Waals surface area contributed by atoms with E-state index in [1.807, 2.05) is 52.0 Å². The number of imide groups is 1. The van der Waals surface area contributed by atoms with Gasteiger partial charge in [-0.25, -0.2) is 0 Å². The third-order valence-electron chi connectivity index (χ3n) is 3.60. The summed E-state index contributed by atoms with van der Waals surface area (Å²) in [6.07, 6.45) is 2.13. The fourth-order valence-electron chi connectivity index (χ4n) is 2.36. The Morgan fingerprint density at radius 3 is 2.44 bits per heavy atom. The Balaban J connectivity index is 1.93. The topological polar surface area (TPSA) is 66.5 Å². The van der Waals surface area contributed by atoms with Crippen LogP contribution < -0.4 is 5.32 Å². The zero-order valence-electron chi connectivity index (χ0n) is 15.1. The molecule has 0 bridgehead atoms. The molecule has 1 heterocycles. The van der Waals surface area contributed by atoms with Crippen LogP contribution in [0.2, 0.25) is 0 Å². The molecule has 1 N–H and O–H groups in total. The van der Waals surface area contributed by atoms with Crippen molar-refractivity contribution in [1.82, 2.24) is 10.2 Å². The van der Waals surface area contributed by atoms with Crippen molar-refractivity contribution < 1.29 is 14.4 Å². The average molecular weight is 360 g/mol. The number of rotatable bonds is 5. The molecule has 1 aromatic rings. The van der Waals surface area contributed by atoms with Crippen LogP contribution in [0.25, 0.3) is 6.08 Å². The number of benzene rings is 1. The summed E-state index contributed by atoms with van der Waals surface area (Å²) in [5.74, 6) is -0.379. The van der Waals surface area contributed by atoms with Gasteiger partial charge in [-0.1, -0.05) is 50.6 Å². The van der Waals surface area contributed by atoms with Gasteiger partial charge in [-0.2, -0.15) is 0 Å². The van der Waals surface area contributed by atoms with Crippen LogP contribution in [-0.2, 0) is 9.59 Å². The Labute approximate surface area is 152 Å². The van der Waals surface area contributed by atoms with Gasteiger partial charge in [0.1, 0.15) is 0 Å². The van der Waals surface area contributed by atoms with Gasteiger partial charge in [-0.3, -0.25) is 19.3 Å². The molecular weight excluding hydrogens is 336 g/mol. The van der Waals surface area contributed by atoms with Crippen LogP contribution >= 0.6 is 11.8 Å². The van der Waals surface area contributed by atoms with Crippen LogP contribution in [0.1, 0.15) is 38.3 Å². The van der Waals surface area contributed by atoms with Gasteiger partial charge < -0.3 is 5.32 Å². The van der Waals surface area contributed by atoms with Gasteiger partial charge >= 0.3 is 0 Å². The maximum Gasteiger partial charge on any atom is 0.293 e. The quantitative estimate of drug-likeness (QED) is 0.815. The number of carbonyl (C=O) groups excluding carboxylic acids is 3. The molecule has 1 aliphatic heterocycles. The van der Waals surface area contributed by atoms with Crippen LogP contribution in [0.4, 0.5) is 4.79 Å². The van der Waals surface area contributed by atoms with E-state index in [-0.39, 0.29) is 35.6 Å². The standard InChI is InChI=1S/C19H24N2O3S/c1-13-5-7-14(8-6-13)11-15-17(23)21(18(24)25-15)10-9-20-16(22)12-19(2,3)4/h5-8,11H,9-10,12H2,1-4H3,(H,20,22)/b15-11+. The molecule has 6 heteroatoms. The lowest BCUT2D eigenvalue weighted by atomic mass is 9.92. The van der Waals surface area contributed by atoms with Gasteiger partial charge in [0.2, 0.25) is 5.91 Å². The largest absolute Gasteiger partial charge is 0.354 e. The van der Waals surface area contributed by atoms with E-state index in [0.717, 1.165) is 22.9 Å². The predicted molar refractivity (Wildman–Crippen MR) is 101 cm³/mol. The lowest BCUT2D eigenvalue weighted by molar-refractivity contribution is -0.125. The summed E-state index contributed by atoms with van der Waals surface area (Å²) in [5.41, 5.74) is 1.93. The Hall–Kier alpha value is -2.08. The molecule has 0 unspecified atom stereocenters. The summed E-state index contributed by atoms with van der Waals surface area (Å²) in [5, 5.41) is 2.47. The highest BCUT2D eigenvalue weighted by molar-refractivity contribution is 8.18. The molecule has 0 aromatic heterocycles. The van der Waals surface area contributed by atoms with E-state index in [9.17, 15) is 14.4 Å². The fourth-order valence-corrected chi connectivity index (χ4v) is 3.22. The molecular formula is C19H24N2O3S. The third-order valence-corrected chi connectivity index (χ3v) is 4.50. The summed E-state index contributed by atoms with van der Waals surface area (Å²) in [6.45, 7) is 8.40. The summed E-state index contributed by atoms with van der Waals surface area (Å²) < 4.78 is 0. The Kier molecular flexibility index (Phi) is 6.06. The van der Waals surface area contributed by atoms with Crippen molar-refractivity contribution in [3.63, 3.8) is 0 Å². The van der Waals surface area contributed by atoms with E-state index in [2.05, 4.69) is 5.32 Å². The second-order valence-corrected chi connectivity index (χ2v) is 8.32. The van der Waals surface area contributed by atoms with E-state index in [4.69, 9.17) is 0 Å². The van der Waals surface area contributed by atoms with Gasteiger partial charge in [-0.05, 0) is 35.7 Å². The Bertz CT molecular complexity index is 702. The number of nitrogens with one attached hydrogen (secondary N) is 1. The molecule has 0 atom stereocenters. The number of thioether (sulfide) groups is 1. The highest BCUT2D eigenvalue weighted by Crippen LogP contribution is 2.31. The fraction of sp³-hybridized carbons (Fsp3) is 0.421. The van der Waals surface area contributed by atoms with Gasteiger partial charge in [0.25, 0.3) is 11.1 Å². The van der Waals surface area contributed by atoms with Crippen molar-refractivity contribution in [3.8, 4) is 0 Å². The smallest absolute Gasteiger partial charge is 0.293 e. The van der Waals surface area contributed by atoms with Crippen LogP contribution in [-0.4, -0.2) is 35.0 Å². The number of aryl methyl sites for hydroxylation is 1. The van der Waals surface area contributed by atoms with Gasteiger partial charge in [0.05, 0.1) is 4.91 Å². The monoisotopic (exact) mass is 360 g/mol. The number of amides is 3. The van der Waals surface area contributed by atoms with Gasteiger partial charge in [-0.15, -0.1) is 0 Å². The minimum atomic E-state index is -0.305. The second kappa shape index (κ2) is 7.87. The molecule has 134 valence electrons. The number of carbonyl (C=O) groups is 3. The number of hydrogen-bond acceptors (Lipinski definition) is 4. The normalized spacial score (nSPS) is 16.6. The molecule has 0 saturated carbocycles. The molecule has 1 fully saturated rings. The SMILES string of the molecule is Cc1ccc(/C=C2/SC(=O)N(CCNC(=O)CC(C)(C)C)C2=O)cc1. The second-order valence-electron chi connectivity index (χ2n) is 7.33. The predicted octanol–water partition coefficient (Wildman–Crippen LogP) is 3.58. The average Bonchev–Trinajstić information content (AvgIpc) is 2.75. The maximum absolute atomic E-state index is 12.4. The summed E-state index contributed by atoms with van der Waals surface area (Å²) >= 11 is 0.936. The molecule has 3 amide bonds. The minimum Gasteiger partial charge on any atom is -0.354 e. The van der Waals surface area contributed by atoms with Crippen molar-refractivity contribution in [1.29, 1.82) is 0 Å². The van der Waals surface area contributed by atoms with Crippen molar-refractivity contribution in [2.45, 2.75) is 34.1 Å². The van der Waals surface area contributed by atoms with E-state index in [1.165, 1.54) is 4.90 Å². The highest BCUT2D eigenvalue weighted by Gasteiger charge is 2.34. The van der Waals surface area contributed by atoms with Crippen LogP contribution in [0, 0.1) is 12.3 Å². The highest BCUT2D eigenvalue weighted by atomic mass is 32.2. The van der Waals surface area contributed by atoms with E-state index < -0.39 is 0 Å². The first-order valence-electron chi connectivity index (χ1n) is 8.24. The lowest BCUT2D eigenvalue weighted by Gasteiger charge is -2.18. The van der Waals surface area contributed by atoms with Crippen LogP contribution in [0.5, 0.6) is 0 Å². The summed E-state index contributed by atoms with van der Waals surface area (Å²) in [4.78, 5) is 37.9. The summed E-state index contributed by atoms with van der Waals surface area (Å²) in [6, 6.07) is 7.74. The van der Waals surface area contributed by atoms with E-state index >= 15 is 0 Å². The molecule has 0 spiro atoms. The third kappa shape index (κ3) is 5.74. The van der Waals surface area contributed by atoms with Crippen molar-refractivity contribution in [2.24, 2.45) is 5.41 Å². The lowest BCUT2D eigenvalue weighted by Crippen LogP contribution is -2.38. The number of hydrogen-bond donors (Lipinski definition) is 1. The molecule has 0 aliphatic carbocycles. The van der Waals surface area contributed by atoms with Crippen LogP contribution in [0.15, 0.2) is 29.2 Å². The van der Waals surface area contributed by atoms with Crippen LogP contribution in [0.3, 0.4) is 0 Å². The Morgan fingerprint density at radius 1 is 1.20 bits per heavy atom. The van der Waals surface area contributed by atoms with Crippen molar-refractivity contribution in [3.05, 3.63) is 40.3 Å². The van der Waals surface area contributed by atoms with E-state index in [0.29, 0.717) is 11.3 Å². The zero-order valence-corrected chi connectivity index (χ0v) is 15.9. The number of nitrogens with zero attached hydrogens (tertiary/aromatic N) is 1. The van der Waals surface area contributed by atoms with Crippen molar-refractivity contribution >= 4 is 34.9 Å². The molecule has 1 aromatic carbocycles. The first-order valence-corrected chi connectivity index (χ1v) is 9.06. The Morgan fingerprint density at radius 2 is 1.84 bits per heavy atom. The maximum atomic E-state index is 12.4. The van der Waals surface area contributed by atoms with Crippen molar-refractivity contribution in [2.75, 3.05) is 13.1 Å². The first-order chi connectivity index (χ1) is 11.7. The molecule has 5 nitrogen and oxygen atoms in total. The zero-order chi connectivity index (χ0) is 18.6. The molecule has 1 saturated heterocycles. The first kappa shape index (κ1) is 19.2. The van der Waals surface area contributed by atoms with Gasteiger partial charge in [0, 0.05) is 19.5 Å². The molecule has 25 heavy (non-hydrogen) atoms. The molecule has 2 rings (SSSR count). The summed E-state index contributed by atoms with van der Waals surface area (Å²) in [7, 11) is 0. The minimum absolute atomic E-state index is 0.0744. The molecule has 1 aliphatic rings. The molecule has 0 radical (unpaired) electrons. The van der Waals surface area contributed by atoms with E-state index in [1.54, 1.807) is 6.08 Å².